The summed E-state index contributed by atoms with van der Waals surface area (Å²) in [7, 11) is 0. The van der Waals surface area contributed by atoms with E-state index in [0.29, 0.717) is 28.8 Å². The molecule has 3 heteroatoms. The van der Waals surface area contributed by atoms with E-state index in [4.69, 9.17) is 34.4 Å². The molecule has 1 nitrogen and oxygen atoms in total. The fourth-order valence-corrected chi connectivity index (χ4v) is 1.48. The zero-order valence-electron chi connectivity index (χ0n) is 7.59. The summed E-state index contributed by atoms with van der Waals surface area (Å²) in [5.74, 6) is 3.22. The fourth-order valence-electron chi connectivity index (χ4n) is 0.976. The Hall–Kier alpha value is -0.840. The van der Waals surface area contributed by atoms with Gasteiger partial charge in [0.25, 0.3) is 0 Å². The lowest BCUT2D eigenvalue weighted by Crippen LogP contribution is -1.96. The van der Waals surface area contributed by atoms with Crippen LogP contribution in [0.1, 0.15) is 12.8 Å². The number of unbranched alkanes of at least 4 members (excludes halogenated alkanes) is 1. The van der Waals surface area contributed by atoms with Crippen LogP contribution in [0.5, 0.6) is 5.75 Å². The molecule has 14 heavy (non-hydrogen) atoms. The third kappa shape index (κ3) is 3.91. The number of hydrogen-bond donors (Lipinski definition) is 0. The molecular formula is C11H10Cl2O. The third-order valence-corrected chi connectivity index (χ3v) is 2.01. The average molecular weight is 229 g/mol. The van der Waals surface area contributed by atoms with Crippen LogP contribution in [-0.2, 0) is 0 Å². The van der Waals surface area contributed by atoms with E-state index in [1.165, 1.54) is 0 Å². The second kappa shape index (κ2) is 5.80. The molecular weight excluding hydrogens is 219 g/mol. The van der Waals surface area contributed by atoms with Gasteiger partial charge in [0.1, 0.15) is 5.75 Å². The Balaban J connectivity index is 2.47. The van der Waals surface area contributed by atoms with Crippen molar-refractivity contribution in [3.8, 4) is 18.1 Å². The molecule has 0 fully saturated rings. The molecule has 0 aliphatic carbocycles. The lowest BCUT2D eigenvalue weighted by Gasteiger charge is -2.05. The highest BCUT2D eigenvalue weighted by molar-refractivity contribution is 6.34. The molecule has 0 unspecified atom stereocenters. The van der Waals surface area contributed by atoms with Crippen LogP contribution < -0.4 is 4.74 Å². The summed E-state index contributed by atoms with van der Waals surface area (Å²) in [5, 5.41) is 1.15. The van der Waals surface area contributed by atoms with Crippen molar-refractivity contribution in [3.05, 3.63) is 28.2 Å². The van der Waals surface area contributed by atoms with E-state index in [0.717, 1.165) is 6.42 Å². The van der Waals surface area contributed by atoms with Gasteiger partial charge in [-0.05, 0) is 24.6 Å². The lowest BCUT2D eigenvalue weighted by molar-refractivity contribution is 0.313. The highest BCUT2D eigenvalue weighted by Gasteiger charge is 1.98. The second-order valence-electron chi connectivity index (χ2n) is 2.76. The molecule has 0 spiro atoms. The van der Waals surface area contributed by atoms with Crippen molar-refractivity contribution < 1.29 is 4.74 Å². The van der Waals surface area contributed by atoms with Gasteiger partial charge in [-0.3, -0.25) is 0 Å². The van der Waals surface area contributed by atoms with Gasteiger partial charge in [-0.2, -0.15) is 0 Å². The Morgan fingerprint density at radius 2 is 1.86 bits per heavy atom. The van der Waals surface area contributed by atoms with Crippen molar-refractivity contribution in [1.29, 1.82) is 0 Å². The number of terminal acetylenes is 1. The van der Waals surface area contributed by atoms with Gasteiger partial charge < -0.3 is 4.74 Å². The largest absolute Gasteiger partial charge is 0.493 e. The summed E-state index contributed by atoms with van der Waals surface area (Å²) in [6, 6.07) is 5.12. The molecule has 1 aromatic carbocycles. The van der Waals surface area contributed by atoms with Crippen LogP contribution in [0.15, 0.2) is 18.2 Å². The van der Waals surface area contributed by atoms with E-state index in [-0.39, 0.29) is 0 Å². The van der Waals surface area contributed by atoms with Crippen molar-refractivity contribution in [2.45, 2.75) is 12.8 Å². The van der Waals surface area contributed by atoms with E-state index in [9.17, 15) is 0 Å². The first kappa shape index (κ1) is 11.2. The van der Waals surface area contributed by atoms with Gasteiger partial charge in [-0.25, -0.2) is 0 Å². The highest BCUT2D eigenvalue weighted by atomic mass is 35.5. The predicted molar refractivity (Wildman–Crippen MR) is 60.0 cm³/mol. The first-order valence-electron chi connectivity index (χ1n) is 4.25. The maximum absolute atomic E-state index is 5.79. The minimum Gasteiger partial charge on any atom is -0.493 e. The van der Waals surface area contributed by atoms with E-state index in [1.54, 1.807) is 18.2 Å². The topological polar surface area (TPSA) is 9.23 Å². The molecule has 0 aliphatic heterocycles. The average Bonchev–Trinajstić information content (AvgIpc) is 2.11. The molecule has 1 rings (SSSR count). The number of ether oxygens (including phenoxy) is 1. The van der Waals surface area contributed by atoms with E-state index in [1.807, 2.05) is 0 Å². The highest BCUT2D eigenvalue weighted by Crippen LogP contribution is 2.24. The zero-order valence-corrected chi connectivity index (χ0v) is 9.11. The smallest absolute Gasteiger partial charge is 0.122 e. The van der Waals surface area contributed by atoms with E-state index in [2.05, 4.69) is 5.92 Å². The molecule has 1 aromatic rings. The second-order valence-corrected chi connectivity index (χ2v) is 3.63. The van der Waals surface area contributed by atoms with E-state index < -0.39 is 0 Å². The Morgan fingerprint density at radius 3 is 2.43 bits per heavy atom. The van der Waals surface area contributed by atoms with Gasteiger partial charge in [0.05, 0.1) is 6.61 Å². The molecule has 0 aromatic heterocycles. The Bertz CT molecular complexity index is 321. The van der Waals surface area contributed by atoms with Crippen LogP contribution in [0.2, 0.25) is 10.0 Å². The number of benzene rings is 1. The zero-order chi connectivity index (χ0) is 10.4. The lowest BCUT2D eigenvalue weighted by atomic mass is 10.3. The Kier molecular flexibility index (Phi) is 4.65. The molecule has 0 aliphatic rings. The van der Waals surface area contributed by atoms with Crippen molar-refractivity contribution in [1.82, 2.24) is 0 Å². The SMILES string of the molecule is C#CCCCOc1cc(Cl)cc(Cl)c1. The van der Waals surface area contributed by atoms with Crippen LogP contribution in [-0.4, -0.2) is 6.61 Å². The molecule has 0 atom stereocenters. The van der Waals surface area contributed by atoms with Crippen LogP contribution in [0, 0.1) is 12.3 Å². The quantitative estimate of drug-likeness (QED) is 0.563. The fraction of sp³-hybridized carbons (Fsp3) is 0.273. The third-order valence-electron chi connectivity index (χ3n) is 1.57. The van der Waals surface area contributed by atoms with Crippen molar-refractivity contribution in [2.24, 2.45) is 0 Å². The van der Waals surface area contributed by atoms with Gasteiger partial charge in [-0.1, -0.05) is 23.2 Å². The van der Waals surface area contributed by atoms with Gasteiger partial charge in [0.15, 0.2) is 0 Å². The van der Waals surface area contributed by atoms with Crippen molar-refractivity contribution >= 4 is 23.2 Å². The molecule has 0 amide bonds. The standard InChI is InChI=1S/C11H10Cl2O/c1-2-3-4-5-14-11-7-9(12)6-10(13)8-11/h1,6-8H,3-5H2. The van der Waals surface area contributed by atoms with Crippen LogP contribution in [0.25, 0.3) is 0 Å². The maximum atomic E-state index is 5.79. The summed E-state index contributed by atoms with van der Waals surface area (Å²) in [4.78, 5) is 0. The molecule has 0 saturated carbocycles. The summed E-state index contributed by atoms with van der Waals surface area (Å²) >= 11 is 11.6. The van der Waals surface area contributed by atoms with E-state index >= 15 is 0 Å². The monoisotopic (exact) mass is 228 g/mol. The first-order valence-corrected chi connectivity index (χ1v) is 5.00. The van der Waals surface area contributed by atoms with Crippen molar-refractivity contribution in [2.75, 3.05) is 6.61 Å². The molecule has 0 radical (unpaired) electrons. The van der Waals surface area contributed by atoms with Crippen LogP contribution >= 0.6 is 23.2 Å². The summed E-state index contributed by atoms with van der Waals surface area (Å²) < 4.78 is 5.41. The van der Waals surface area contributed by atoms with Crippen molar-refractivity contribution in [3.63, 3.8) is 0 Å². The molecule has 0 N–H and O–H groups in total. The van der Waals surface area contributed by atoms with Gasteiger partial charge >= 0.3 is 0 Å². The Labute approximate surface area is 94.0 Å². The molecule has 0 saturated heterocycles. The van der Waals surface area contributed by atoms with Gasteiger partial charge in [-0.15, -0.1) is 12.3 Å². The molecule has 0 bridgehead atoms. The van der Waals surface area contributed by atoms with Gasteiger partial charge in [0.2, 0.25) is 0 Å². The molecule has 0 heterocycles. The Morgan fingerprint density at radius 1 is 1.21 bits per heavy atom. The minimum absolute atomic E-state index is 0.574. The van der Waals surface area contributed by atoms with Crippen LogP contribution in [0.4, 0.5) is 0 Å². The summed E-state index contributed by atoms with van der Waals surface area (Å²) in [6.45, 7) is 0.584. The normalized spacial score (nSPS) is 9.50. The van der Waals surface area contributed by atoms with Gasteiger partial charge in [0, 0.05) is 16.5 Å². The minimum atomic E-state index is 0.574. The predicted octanol–water partition coefficient (Wildman–Crippen LogP) is 3.79. The number of hydrogen-bond acceptors (Lipinski definition) is 1. The number of halogens is 2. The maximum Gasteiger partial charge on any atom is 0.122 e. The summed E-state index contributed by atoms with van der Waals surface area (Å²) in [5.41, 5.74) is 0. The first-order chi connectivity index (χ1) is 6.72. The number of rotatable bonds is 4. The summed E-state index contributed by atoms with van der Waals surface area (Å²) in [6.07, 6.45) is 6.66. The molecule has 74 valence electrons. The van der Waals surface area contributed by atoms with Crippen LogP contribution in [0.3, 0.4) is 0 Å².